The summed E-state index contributed by atoms with van der Waals surface area (Å²) in [6, 6.07) is -0.154. The van der Waals surface area contributed by atoms with Crippen molar-refractivity contribution in [2.75, 3.05) is 20.2 Å². The van der Waals surface area contributed by atoms with Gasteiger partial charge in [0.2, 0.25) is 11.6 Å². The molecule has 0 aromatic rings. The lowest BCUT2D eigenvalue weighted by Gasteiger charge is -2.37. The van der Waals surface area contributed by atoms with Crippen LogP contribution < -0.4 is 11.5 Å². The molecule has 0 bridgehead atoms. The van der Waals surface area contributed by atoms with Gasteiger partial charge in [-0.1, -0.05) is 0 Å². The average molecular weight is 334 g/mol. The summed E-state index contributed by atoms with van der Waals surface area (Å²) < 4.78 is 4.88. The maximum Gasteiger partial charge on any atom is 0.404 e. The number of hydrogen-bond acceptors (Lipinski definition) is 8. The van der Waals surface area contributed by atoms with Crippen molar-refractivity contribution in [1.82, 2.24) is 9.80 Å². The fourth-order valence-electron chi connectivity index (χ4n) is 4.39. The van der Waals surface area contributed by atoms with Gasteiger partial charge in [-0.05, 0) is 14.0 Å². The third-order valence-electron chi connectivity index (χ3n) is 5.70. The summed E-state index contributed by atoms with van der Waals surface area (Å²) in [6.45, 7) is 1.63. The summed E-state index contributed by atoms with van der Waals surface area (Å²) in [5.41, 5.74) is 9.66. The summed E-state index contributed by atoms with van der Waals surface area (Å²) in [5.74, 6) is -1.74. The first kappa shape index (κ1) is 15.2. The van der Waals surface area contributed by atoms with Crippen LogP contribution in [0.3, 0.4) is 0 Å². The molecule has 1 amide bonds. The van der Waals surface area contributed by atoms with Crippen molar-refractivity contribution in [2.45, 2.75) is 24.7 Å². The van der Waals surface area contributed by atoms with E-state index < -0.39 is 23.5 Å². The second kappa shape index (κ2) is 4.37. The Hall–Kier alpha value is -2.39. The lowest BCUT2D eigenvalue weighted by Crippen LogP contribution is -2.53. The molecule has 2 saturated heterocycles. The van der Waals surface area contributed by atoms with Crippen LogP contribution in [0.15, 0.2) is 22.5 Å². The van der Waals surface area contributed by atoms with Crippen molar-refractivity contribution >= 4 is 17.7 Å². The van der Waals surface area contributed by atoms with Gasteiger partial charge in [0, 0.05) is 23.7 Å². The smallest absolute Gasteiger partial charge is 0.404 e. The van der Waals surface area contributed by atoms with Gasteiger partial charge in [-0.2, -0.15) is 0 Å². The molecular formula is C15H18N4O5. The van der Waals surface area contributed by atoms with Crippen LogP contribution in [0.1, 0.15) is 6.92 Å². The fraction of sp³-hybridized carbons (Fsp3) is 0.533. The summed E-state index contributed by atoms with van der Waals surface area (Å²) in [5, 5.41) is 11.4. The Bertz CT molecular complexity index is 772. The number of carbonyl (C=O) groups excluding carboxylic acids is 3. The number of nitrogens with two attached hydrogens (primary N) is 2. The molecule has 0 spiro atoms. The van der Waals surface area contributed by atoms with E-state index in [1.165, 1.54) is 6.92 Å². The lowest BCUT2D eigenvalue weighted by molar-refractivity contribution is -0.126. The maximum absolute atomic E-state index is 12.7. The van der Waals surface area contributed by atoms with E-state index in [-0.39, 0.29) is 47.0 Å². The molecule has 9 heteroatoms. The Labute approximate surface area is 137 Å². The number of rotatable bonds is 2. The zero-order chi connectivity index (χ0) is 17.5. The number of likely N-dealkylation sites (N-methyl/N-ethyl adjacent to an activating group) is 1. The summed E-state index contributed by atoms with van der Waals surface area (Å²) >= 11 is 0. The predicted octanol–water partition coefficient (Wildman–Crippen LogP) is -1.96. The van der Waals surface area contributed by atoms with Crippen molar-refractivity contribution in [3.63, 3.8) is 0 Å². The third-order valence-corrected chi connectivity index (χ3v) is 5.70. The highest BCUT2D eigenvalue weighted by Crippen LogP contribution is 2.57. The van der Waals surface area contributed by atoms with Crippen LogP contribution in [-0.2, 0) is 14.3 Å². The Morgan fingerprint density at radius 3 is 2.71 bits per heavy atom. The molecule has 5 atom stereocenters. The van der Waals surface area contributed by atoms with Crippen LogP contribution in [0.5, 0.6) is 0 Å². The Balaban J connectivity index is 1.82. The summed E-state index contributed by atoms with van der Waals surface area (Å²) in [7, 11) is 1.86. The van der Waals surface area contributed by atoms with Gasteiger partial charge in [-0.15, -0.1) is 0 Å². The molecule has 3 heterocycles. The Morgan fingerprint density at radius 1 is 1.42 bits per heavy atom. The molecule has 0 aromatic carbocycles. The van der Waals surface area contributed by atoms with E-state index in [2.05, 4.69) is 0 Å². The van der Waals surface area contributed by atoms with E-state index >= 15 is 0 Å². The number of ketones is 2. The molecule has 1 unspecified atom stereocenters. The minimum absolute atomic E-state index is 0.0894. The number of aliphatic hydroxyl groups is 1. The number of carbonyl (C=O) groups is 3. The third kappa shape index (κ3) is 1.53. The van der Waals surface area contributed by atoms with Crippen molar-refractivity contribution in [3.8, 4) is 0 Å². The molecule has 128 valence electrons. The highest BCUT2D eigenvalue weighted by atomic mass is 16.5. The number of piperazine rings is 1. The summed E-state index contributed by atoms with van der Waals surface area (Å²) in [4.78, 5) is 39.9. The molecule has 1 aliphatic carbocycles. The van der Waals surface area contributed by atoms with Crippen LogP contribution in [0.2, 0.25) is 0 Å². The summed E-state index contributed by atoms with van der Waals surface area (Å²) in [6.07, 6.45) is -1.01. The molecule has 0 aromatic heterocycles. The number of allylic oxidation sites excluding steroid dienone is 2. The first-order valence-corrected chi connectivity index (χ1v) is 7.65. The number of hydrogen-bond donors (Lipinski definition) is 3. The van der Waals surface area contributed by atoms with E-state index in [1.54, 1.807) is 4.90 Å². The Kier molecular flexibility index (Phi) is 2.76. The van der Waals surface area contributed by atoms with Gasteiger partial charge in [-0.25, -0.2) is 4.79 Å². The van der Waals surface area contributed by atoms with E-state index in [0.717, 1.165) is 0 Å². The SMILES string of the molecule is CC1=C(N)C(=O)C2=C(C1=O)N1C[C@@H]3[C@@H](N3C)[C@@]1(O)[C@@H]2COC(N)=O. The van der Waals surface area contributed by atoms with Crippen LogP contribution in [0.4, 0.5) is 4.79 Å². The van der Waals surface area contributed by atoms with E-state index in [0.29, 0.717) is 6.54 Å². The highest BCUT2D eigenvalue weighted by Gasteiger charge is 2.74. The molecule has 24 heavy (non-hydrogen) atoms. The van der Waals surface area contributed by atoms with Gasteiger partial charge in [0.05, 0.1) is 23.4 Å². The van der Waals surface area contributed by atoms with Gasteiger partial charge in [0.25, 0.3) is 0 Å². The zero-order valence-corrected chi connectivity index (χ0v) is 13.3. The first-order valence-electron chi connectivity index (χ1n) is 7.65. The van der Waals surface area contributed by atoms with Crippen molar-refractivity contribution in [1.29, 1.82) is 0 Å². The molecule has 5 N–H and O–H groups in total. The van der Waals surface area contributed by atoms with Crippen molar-refractivity contribution in [3.05, 3.63) is 22.5 Å². The molecule has 0 radical (unpaired) electrons. The highest BCUT2D eigenvalue weighted by molar-refractivity contribution is 6.25. The minimum atomic E-state index is -1.49. The number of fused-ring (bicyclic) bond motifs is 4. The molecule has 0 saturated carbocycles. The molecule has 2 fully saturated rings. The largest absolute Gasteiger partial charge is 0.449 e. The van der Waals surface area contributed by atoms with Crippen molar-refractivity contribution in [2.24, 2.45) is 17.4 Å². The van der Waals surface area contributed by atoms with E-state index in [1.807, 2.05) is 11.9 Å². The quantitative estimate of drug-likeness (QED) is 0.391. The predicted molar refractivity (Wildman–Crippen MR) is 79.9 cm³/mol. The normalized spacial score (nSPS) is 39.9. The molecule has 4 rings (SSSR count). The maximum atomic E-state index is 12.7. The van der Waals surface area contributed by atoms with E-state index in [4.69, 9.17) is 16.2 Å². The monoisotopic (exact) mass is 334 g/mol. The lowest BCUT2D eigenvalue weighted by atomic mass is 9.83. The first-order chi connectivity index (χ1) is 11.2. The van der Waals surface area contributed by atoms with Gasteiger partial charge in [0.1, 0.15) is 6.61 Å². The van der Waals surface area contributed by atoms with Gasteiger partial charge in [-0.3, -0.25) is 14.5 Å². The number of ether oxygens (including phenoxy) is 1. The minimum Gasteiger partial charge on any atom is -0.449 e. The van der Waals surface area contributed by atoms with Crippen molar-refractivity contribution < 1.29 is 24.2 Å². The fourth-order valence-corrected chi connectivity index (χ4v) is 4.39. The molecule has 9 nitrogen and oxygen atoms in total. The van der Waals surface area contributed by atoms with Gasteiger partial charge < -0.3 is 26.2 Å². The van der Waals surface area contributed by atoms with Crippen LogP contribution >= 0.6 is 0 Å². The second-order valence-electron chi connectivity index (χ2n) is 6.71. The van der Waals surface area contributed by atoms with Gasteiger partial charge >= 0.3 is 6.09 Å². The van der Waals surface area contributed by atoms with Gasteiger partial charge in [0.15, 0.2) is 5.72 Å². The number of Topliss-reactive ketones (excluding diaryl/α,β-unsaturated/α-hetero) is 2. The molecule has 3 aliphatic heterocycles. The number of amides is 1. The number of primary amides is 1. The van der Waals surface area contributed by atoms with Crippen LogP contribution in [-0.4, -0.2) is 70.6 Å². The topological polar surface area (TPSA) is 139 Å². The Morgan fingerprint density at radius 2 is 2.08 bits per heavy atom. The average Bonchev–Trinajstić information content (AvgIpc) is 2.93. The number of nitrogens with zero attached hydrogens (tertiary/aromatic N) is 2. The second-order valence-corrected chi connectivity index (χ2v) is 6.71. The van der Waals surface area contributed by atoms with E-state index in [9.17, 15) is 19.5 Å². The van der Waals surface area contributed by atoms with Crippen LogP contribution in [0.25, 0.3) is 0 Å². The molecular weight excluding hydrogens is 316 g/mol. The van der Waals surface area contributed by atoms with Crippen LogP contribution in [0, 0.1) is 5.92 Å². The standard InChI is InChI=1S/C15H18N4O5/c1-5-9(16)12(21)8-6(4-24-14(17)22)15(23)13-7(18(13)2)3-19(15)10(8)11(5)20/h6-7,13,23H,3-4,16H2,1-2H3,(H2,17,22)/t6-,7-,13-,15+,18?/m1/s1. The zero-order valence-electron chi connectivity index (χ0n) is 13.3. The molecule has 4 aliphatic rings.